The first kappa shape index (κ1) is 13.0. The van der Waals surface area contributed by atoms with Crippen LogP contribution in [-0.2, 0) is 6.42 Å². The Hall–Kier alpha value is -1.41. The molecule has 0 N–H and O–H groups in total. The van der Waals surface area contributed by atoms with Gasteiger partial charge in [-0.05, 0) is 24.5 Å². The van der Waals surface area contributed by atoms with Crippen molar-refractivity contribution < 1.29 is 4.79 Å². The molecule has 0 aliphatic rings. The number of hydrogen-bond acceptors (Lipinski definition) is 1. The van der Waals surface area contributed by atoms with Gasteiger partial charge in [-0.25, -0.2) is 0 Å². The molecule has 2 heteroatoms. The van der Waals surface area contributed by atoms with Crippen molar-refractivity contribution in [2.45, 2.75) is 18.2 Å². The number of alkyl halides is 1. The highest BCUT2D eigenvalue weighted by molar-refractivity contribution is 9.10. The van der Waals surface area contributed by atoms with E-state index in [1.165, 1.54) is 11.1 Å². The molecule has 0 heterocycles. The van der Waals surface area contributed by atoms with Crippen molar-refractivity contribution >= 4 is 21.7 Å². The van der Waals surface area contributed by atoms with Gasteiger partial charge >= 0.3 is 0 Å². The highest BCUT2D eigenvalue weighted by Gasteiger charge is 2.11. The van der Waals surface area contributed by atoms with Gasteiger partial charge in [-0.15, -0.1) is 0 Å². The van der Waals surface area contributed by atoms with E-state index < -0.39 is 0 Å². The SMILES string of the molecule is CC(Br)C(=O)c1ccc(Cc2ccccc2)cc1. The van der Waals surface area contributed by atoms with Gasteiger partial charge in [0.1, 0.15) is 0 Å². The molecule has 1 atom stereocenters. The van der Waals surface area contributed by atoms with E-state index in [0.717, 1.165) is 12.0 Å². The second-order valence-electron chi connectivity index (χ2n) is 4.34. The maximum atomic E-state index is 11.8. The van der Waals surface area contributed by atoms with E-state index >= 15 is 0 Å². The van der Waals surface area contributed by atoms with Crippen LogP contribution in [0.25, 0.3) is 0 Å². The summed E-state index contributed by atoms with van der Waals surface area (Å²) in [6.45, 7) is 1.85. The van der Waals surface area contributed by atoms with Crippen molar-refractivity contribution in [2.24, 2.45) is 0 Å². The molecule has 0 aliphatic heterocycles. The Morgan fingerprint density at radius 2 is 1.56 bits per heavy atom. The summed E-state index contributed by atoms with van der Waals surface area (Å²) in [6, 6.07) is 18.2. The van der Waals surface area contributed by atoms with Crippen LogP contribution in [0.5, 0.6) is 0 Å². The summed E-state index contributed by atoms with van der Waals surface area (Å²) in [5, 5.41) is 0. The van der Waals surface area contributed by atoms with Crippen LogP contribution in [0.3, 0.4) is 0 Å². The molecule has 2 aromatic rings. The van der Waals surface area contributed by atoms with Crippen LogP contribution in [-0.4, -0.2) is 10.6 Å². The van der Waals surface area contributed by atoms with E-state index in [0.29, 0.717) is 0 Å². The largest absolute Gasteiger partial charge is 0.293 e. The normalized spacial score (nSPS) is 12.1. The second-order valence-corrected chi connectivity index (χ2v) is 5.71. The number of carbonyl (C=O) groups excluding carboxylic acids is 1. The predicted molar refractivity (Wildman–Crippen MR) is 78.4 cm³/mol. The van der Waals surface area contributed by atoms with Crippen molar-refractivity contribution in [3.05, 3.63) is 71.3 Å². The van der Waals surface area contributed by atoms with Gasteiger partial charge in [0.2, 0.25) is 0 Å². The number of Topliss-reactive ketones (excluding diaryl/α,β-unsaturated/α-hetero) is 1. The fourth-order valence-corrected chi connectivity index (χ4v) is 2.11. The van der Waals surface area contributed by atoms with Crippen molar-refractivity contribution in [1.29, 1.82) is 0 Å². The lowest BCUT2D eigenvalue weighted by Crippen LogP contribution is -2.09. The highest BCUT2D eigenvalue weighted by Crippen LogP contribution is 2.13. The minimum Gasteiger partial charge on any atom is -0.293 e. The molecule has 0 aliphatic carbocycles. The monoisotopic (exact) mass is 302 g/mol. The lowest BCUT2D eigenvalue weighted by molar-refractivity contribution is 0.0996. The molecule has 0 spiro atoms. The van der Waals surface area contributed by atoms with Crippen LogP contribution in [0.15, 0.2) is 54.6 Å². The third-order valence-corrected chi connectivity index (χ3v) is 3.27. The molecule has 0 saturated carbocycles. The van der Waals surface area contributed by atoms with E-state index in [4.69, 9.17) is 0 Å². The van der Waals surface area contributed by atoms with Crippen LogP contribution in [0.1, 0.15) is 28.4 Å². The van der Waals surface area contributed by atoms with Crippen LogP contribution in [0.4, 0.5) is 0 Å². The van der Waals surface area contributed by atoms with E-state index in [2.05, 4.69) is 28.1 Å². The summed E-state index contributed by atoms with van der Waals surface area (Å²) in [7, 11) is 0. The van der Waals surface area contributed by atoms with E-state index in [1.807, 2.05) is 49.4 Å². The van der Waals surface area contributed by atoms with Crippen LogP contribution >= 0.6 is 15.9 Å². The fraction of sp³-hybridized carbons (Fsp3) is 0.188. The standard InChI is InChI=1S/C16H15BrO/c1-12(17)16(18)15-9-7-14(8-10-15)11-13-5-3-2-4-6-13/h2-10,12H,11H2,1H3. The van der Waals surface area contributed by atoms with E-state index in [-0.39, 0.29) is 10.6 Å². The summed E-state index contributed by atoms with van der Waals surface area (Å²) in [5.74, 6) is 0.126. The molecule has 0 aromatic heterocycles. The average Bonchev–Trinajstić information content (AvgIpc) is 2.40. The van der Waals surface area contributed by atoms with Gasteiger partial charge in [0.05, 0.1) is 4.83 Å². The zero-order chi connectivity index (χ0) is 13.0. The number of carbonyl (C=O) groups is 1. The number of benzene rings is 2. The summed E-state index contributed by atoms with van der Waals surface area (Å²) >= 11 is 3.30. The molecule has 0 radical (unpaired) electrons. The minimum atomic E-state index is -0.127. The summed E-state index contributed by atoms with van der Waals surface area (Å²) < 4.78 is 0. The molecule has 18 heavy (non-hydrogen) atoms. The molecular weight excluding hydrogens is 288 g/mol. The van der Waals surface area contributed by atoms with Gasteiger partial charge in [-0.1, -0.05) is 70.5 Å². The first-order valence-electron chi connectivity index (χ1n) is 5.98. The molecule has 2 aromatic carbocycles. The number of hydrogen-bond donors (Lipinski definition) is 0. The van der Waals surface area contributed by atoms with Gasteiger partial charge in [-0.3, -0.25) is 4.79 Å². The lowest BCUT2D eigenvalue weighted by atomic mass is 10.0. The Kier molecular flexibility index (Phi) is 4.32. The van der Waals surface area contributed by atoms with Gasteiger partial charge in [0, 0.05) is 5.56 Å². The lowest BCUT2D eigenvalue weighted by Gasteiger charge is -2.05. The smallest absolute Gasteiger partial charge is 0.176 e. The molecule has 1 unspecified atom stereocenters. The molecule has 0 fully saturated rings. The Morgan fingerprint density at radius 1 is 1.00 bits per heavy atom. The summed E-state index contributed by atoms with van der Waals surface area (Å²) in [4.78, 5) is 11.6. The van der Waals surface area contributed by atoms with E-state index in [9.17, 15) is 4.79 Å². The Balaban J connectivity index is 2.11. The number of halogens is 1. The Bertz CT molecular complexity index is 515. The number of ketones is 1. The first-order valence-corrected chi connectivity index (χ1v) is 6.89. The van der Waals surface area contributed by atoms with Crippen molar-refractivity contribution in [1.82, 2.24) is 0 Å². The zero-order valence-corrected chi connectivity index (χ0v) is 11.9. The van der Waals surface area contributed by atoms with Gasteiger partial charge in [-0.2, -0.15) is 0 Å². The van der Waals surface area contributed by atoms with Crippen LogP contribution in [0, 0.1) is 0 Å². The van der Waals surface area contributed by atoms with Crippen LogP contribution < -0.4 is 0 Å². The summed E-state index contributed by atoms with van der Waals surface area (Å²) in [6.07, 6.45) is 0.902. The van der Waals surface area contributed by atoms with Crippen LogP contribution in [0.2, 0.25) is 0 Å². The maximum absolute atomic E-state index is 11.8. The Morgan fingerprint density at radius 3 is 2.11 bits per heavy atom. The quantitative estimate of drug-likeness (QED) is 0.610. The molecule has 92 valence electrons. The fourth-order valence-electron chi connectivity index (χ4n) is 1.85. The molecule has 0 bridgehead atoms. The minimum absolute atomic E-state index is 0.126. The maximum Gasteiger partial charge on any atom is 0.176 e. The topological polar surface area (TPSA) is 17.1 Å². The number of rotatable bonds is 4. The van der Waals surface area contributed by atoms with E-state index in [1.54, 1.807) is 0 Å². The zero-order valence-electron chi connectivity index (χ0n) is 10.3. The first-order chi connectivity index (χ1) is 8.66. The third kappa shape index (κ3) is 3.30. The van der Waals surface area contributed by atoms with Crippen molar-refractivity contribution in [3.63, 3.8) is 0 Å². The van der Waals surface area contributed by atoms with Gasteiger partial charge in [0.15, 0.2) is 5.78 Å². The average molecular weight is 303 g/mol. The Labute approximate surface area is 116 Å². The third-order valence-electron chi connectivity index (χ3n) is 2.85. The molecule has 0 amide bonds. The highest BCUT2D eigenvalue weighted by atomic mass is 79.9. The molecule has 1 nitrogen and oxygen atoms in total. The van der Waals surface area contributed by atoms with Gasteiger partial charge < -0.3 is 0 Å². The van der Waals surface area contributed by atoms with Crippen molar-refractivity contribution in [2.75, 3.05) is 0 Å². The van der Waals surface area contributed by atoms with Crippen molar-refractivity contribution in [3.8, 4) is 0 Å². The van der Waals surface area contributed by atoms with Gasteiger partial charge in [0.25, 0.3) is 0 Å². The predicted octanol–water partition coefficient (Wildman–Crippen LogP) is 4.24. The second kappa shape index (κ2) is 5.96. The molecule has 2 rings (SSSR count). The molecular formula is C16H15BrO. The molecule has 0 saturated heterocycles. The summed E-state index contributed by atoms with van der Waals surface area (Å²) in [5.41, 5.74) is 3.27.